The molecule has 16 heavy (non-hydrogen) atoms. The molecule has 0 bridgehead atoms. The van der Waals surface area contributed by atoms with Crippen LogP contribution in [0.15, 0.2) is 12.4 Å². The maximum absolute atomic E-state index is 5.84. The van der Waals surface area contributed by atoms with E-state index in [1.165, 1.54) is 0 Å². The molecule has 4 heteroatoms. The van der Waals surface area contributed by atoms with E-state index in [1.807, 2.05) is 19.3 Å². The van der Waals surface area contributed by atoms with Crippen molar-refractivity contribution in [1.29, 1.82) is 0 Å². The summed E-state index contributed by atoms with van der Waals surface area (Å²) in [6.07, 6.45) is 5.88. The van der Waals surface area contributed by atoms with Crippen molar-refractivity contribution in [3.63, 3.8) is 0 Å². The van der Waals surface area contributed by atoms with Gasteiger partial charge in [-0.1, -0.05) is 13.8 Å². The van der Waals surface area contributed by atoms with Crippen LogP contribution >= 0.6 is 11.6 Å². The van der Waals surface area contributed by atoms with E-state index in [0.717, 1.165) is 30.9 Å². The molecule has 1 rings (SSSR count). The molecular formula is C12H20ClN3. The van der Waals surface area contributed by atoms with E-state index in [9.17, 15) is 0 Å². The topological polar surface area (TPSA) is 29.0 Å². The van der Waals surface area contributed by atoms with Gasteiger partial charge in [-0.3, -0.25) is 0 Å². The average molecular weight is 242 g/mol. The van der Waals surface area contributed by atoms with Crippen LogP contribution in [0.1, 0.15) is 32.3 Å². The van der Waals surface area contributed by atoms with Crippen molar-refractivity contribution in [2.45, 2.75) is 39.7 Å². The van der Waals surface area contributed by atoms with Crippen LogP contribution in [0.2, 0.25) is 0 Å². The molecule has 1 aromatic heterocycles. The fraction of sp³-hybridized carbons (Fsp3) is 0.667. The highest BCUT2D eigenvalue weighted by Gasteiger charge is 2.17. The molecule has 0 unspecified atom stereocenters. The molecule has 0 aliphatic heterocycles. The van der Waals surface area contributed by atoms with E-state index in [4.69, 9.17) is 11.6 Å². The zero-order valence-corrected chi connectivity index (χ0v) is 11.0. The molecule has 3 nitrogen and oxygen atoms in total. The number of hydrogen-bond acceptors (Lipinski definition) is 3. The molecule has 0 saturated carbocycles. The molecule has 0 N–H and O–H groups in total. The Hall–Kier alpha value is -0.830. The van der Waals surface area contributed by atoms with Crippen LogP contribution in [-0.4, -0.2) is 28.4 Å². The lowest BCUT2D eigenvalue weighted by atomic mass is 10.1. The van der Waals surface area contributed by atoms with Gasteiger partial charge < -0.3 is 4.90 Å². The van der Waals surface area contributed by atoms with Crippen molar-refractivity contribution in [3.8, 4) is 0 Å². The minimum absolute atomic E-state index is 0.474. The first-order valence-electron chi connectivity index (χ1n) is 5.84. The Balaban J connectivity index is 2.87. The van der Waals surface area contributed by atoms with Crippen LogP contribution in [0.4, 0.5) is 5.95 Å². The summed E-state index contributed by atoms with van der Waals surface area (Å²) >= 11 is 5.84. The van der Waals surface area contributed by atoms with Gasteiger partial charge in [-0.25, -0.2) is 9.97 Å². The Labute approximate surface area is 103 Å². The number of hydrogen-bond donors (Lipinski definition) is 0. The highest BCUT2D eigenvalue weighted by Crippen LogP contribution is 2.15. The van der Waals surface area contributed by atoms with E-state index < -0.39 is 0 Å². The maximum Gasteiger partial charge on any atom is 0.225 e. The first kappa shape index (κ1) is 13.2. The van der Waals surface area contributed by atoms with Crippen molar-refractivity contribution in [3.05, 3.63) is 18.0 Å². The van der Waals surface area contributed by atoms with Crippen molar-refractivity contribution < 1.29 is 0 Å². The van der Waals surface area contributed by atoms with Gasteiger partial charge in [0.2, 0.25) is 5.95 Å². The number of aryl methyl sites for hydroxylation is 1. The molecule has 0 radical (unpaired) electrons. The molecule has 0 spiro atoms. The summed E-state index contributed by atoms with van der Waals surface area (Å²) in [6.45, 7) is 7.16. The minimum atomic E-state index is 0.474. The molecular weight excluding hydrogens is 222 g/mol. The van der Waals surface area contributed by atoms with E-state index >= 15 is 0 Å². The number of aromatic nitrogens is 2. The molecule has 0 saturated heterocycles. The van der Waals surface area contributed by atoms with Gasteiger partial charge in [0, 0.05) is 30.9 Å². The predicted molar refractivity (Wildman–Crippen MR) is 69.2 cm³/mol. The van der Waals surface area contributed by atoms with Crippen LogP contribution in [0.5, 0.6) is 0 Å². The fourth-order valence-electron chi connectivity index (χ4n) is 1.80. The van der Waals surface area contributed by atoms with Crippen molar-refractivity contribution in [2.75, 3.05) is 17.3 Å². The number of nitrogens with zero attached hydrogens (tertiary/aromatic N) is 3. The van der Waals surface area contributed by atoms with Crippen LogP contribution in [0.3, 0.4) is 0 Å². The van der Waals surface area contributed by atoms with Crippen LogP contribution in [-0.2, 0) is 0 Å². The van der Waals surface area contributed by atoms with Gasteiger partial charge in [0.25, 0.3) is 0 Å². The van der Waals surface area contributed by atoms with Gasteiger partial charge in [0.15, 0.2) is 0 Å². The predicted octanol–water partition coefficient (Wildman–Crippen LogP) is 3.02. The molecule has 90 valence electrons. The zero-order chi connectivity index (χ0) is 12.0. The van der Waals surface area contributed by atoms with Gasteiger partial charge in [-0.05, 0) is 25.3 Å². The summed E-state index contributed by atoms with van der Waals surface area (Å²) in [7, 11) is 0. The summed E-state index contributed by atoms with van der Waals surface area (Å²) < 4.78 is 0. The standard InChI is InChI=1S/C12H20ClN3/c1-4-11(5-2)16(7-6-13)12-14-8-10(3)9-15-12/h8-9,11H,4-7H2,1-3H3. The van der Waals surface area contributed by atoms with Gasteiger partial charge in [-0.2, -0.15) is 0 Å². The van der Waals surface area contributed by atoms with Crippen LogP contribution in [0, 0.1) is 6.92 Å². The third-order valence-electron chi connectivity index (χ3n) is 2.73. The van der Waals surface area contributed by atoms with Crippen molar-refractivity contribution in [2.24, 2.45) is 0 Å². The van der Waals surface area contributed by atoms with Crippen molar-refractivity contribution in [1.82, 2.24) is 9.97 Å². The number of anilines is 1. The van der Waals surface area contributed by atoms with Gasteiger partial charge in [-0.15, -0.1) is 11.6 Å². The number of halogens is 1. The Morgan fingerprint density at radius 3 is 2.25 bits per heavy atom. The summed E-state index contributed by atoms with van der Waals surface area (Å²) in [5.41, 5.74) is 1.08. The highest BCUT2D eigenvalue weighted by molar-refractivity contribution is 6.18. The largest absolute Gasteiger partial charge is 0.337 e. The van der Waals surface area contributed by atoms with E-state index in [2.05, 4.69) is 28.7 Å². The smallest absolute Gasteiger partial charge is 0.225 e. The molecule has 0 aliphatic carbocycles. The first-order valence-corrected chi connectivity index (χ1v) is 6.37. The molecule has 0 aromatic carbocycles. The van der Waals surface area contributed by atoms with E-state index in [0.29, 0.717) is 11.9 Å². The average Bonchev–Trinajstić information content (AvgIpc) is 2.31. The van der Waals surface area contributed by atoms with Gasteiger partial charge in [0.05, 0.1) is 0 Å². The second-order valence-corrected chi connectivity index (χ2v) is 4.29. The van der Waals surface area contributed by atoms with Gasteiger partial charge >= 0.3 is 0 Å². The Bertz CT molecular complexity index is 296. The lowest BCUT2D eigenvalue weighted by Crippen LogP contribution is -2.37. The van der Waals surface area contributed by atoms with E-state index in [1.54, 1.807) is 0 Å². The molecule has 1 aromatic rings. The third kappa shape index (κ3) is 3.34. The molecule has 0 fully saturated rings. The summed E-state index contributed by atoms with van der Waals surface area (Å²) in [5, 5.41) is 0. The lowest BCUT2D eigenvalue weighted by molar-refractivity contribution is 0.556. The first-order chi connectivity index (χ1) is 7.72. The normalized spacial score (nSPS) is 10.8. The monoisotopic (exact) mass is 241 g/mol. The fourth-order valence-corrected chi connectivity index (χ4v) is 1.98. The Morgan fingerprint density at radius 1 is 1.25 bits per heavy atom. The van der Waals surface area contributed by atoms with Crippen molar-refractivity contribution >= 4 is 17.5 Å². The minimum Gasteiger partial charge on any atom is -0.337 e. The molecule has 0 atom stereocenters. The molecule has 0 aliphatic rings. The summed E-state index contributed by atoms with van der Waals surface area (Å²) in [5.74, 6) is 1.40. The maximum atomic E-state index is 5.84. The molecule has 1 heterocycles. The van der Waals surface area contributed by atoms with E-state index in [-0.39, 0.29) is 0 Å². The summed E-state index contributed by atoms with van der Waals surface area (Å²) in [4.78, 5) is 10.9. The number of rotatable bonds is 6. The van der Waals surface area contributed by atoms with Gasteiger partial charge in [0.1, 0.15) is 0 Å². The quantitative estimate of drug-likeness (QED) is 0.717. The lowest BCUT2D eigenvalue weighted by Gasteiger charge is -2.29. The second kappa shape index (κ2) is 6.69. The Kier molecular flexibility index (Phi) is 5.53. The SMILES string of the molecule is CCC(CC)N(CCCl)c1ncc(C)cn1. The summed E-state index contributed by atoms with van der Waals surface area (Å²) in [6, 6.07) is 0.474. The Morgan fingerprint density at radius 2 is 1.81 bits per heavy atom. The second-order valence-electron chi connectivity index (χ2n) is 3.91. The highest BCUT2D eigenvalue weighted by atomic mass is 35.5. The third-order valence-corrected chi connectivity index (χ3v) is 2.90. The van der Waals surface area contributed by atoms with Crippen LogP contribution < -0.4 is 4.90 Å². The van der Waals surface area contributed by atoms with Crippen LogP contribution in [0.25, 0.3) is 0 Å². The molecule has 0 amide bonds. The zero-order valence-electron chi connectivity index (χ0n) is 10.3. The number of alkyl halides is 1.